The molecular formula is C24H24N2OS. The molecule has 0 spiro atoms. The zero-order chi connectivity index (χ0) is 18.9. The van der Waals surface area contributed by atoms with E-state index in [1.807, 2.05) is 17.0 Å². The Balaban J connectivity index is 1.24. The number of carbonyl (C=O) groups excluding carboxylic acids is 1. The number of hydrogen-bond acceptors (Lipinski definition) is 3. The molecule has 1 atom stereocenters. The predicted octanol–water partition coefficient (Wildman–Crippen LogP) is 4.69. The molecular weight excluding hydrogens is 364 g/mol. The van der Waals surface area contributed by atoms with Crippen LogP contribution in [0.4, 0.5) is 0 Å². The SMILES string of the molecule is O=C(c1ccc(-c2ccsc2)cc1)N1CC[C@H](N2CCc3ccccc3C2)C1. The molecule has 1 amide bonds. The number of benzene rings is 2. The van der Waals surface area contributed by atoms with Crippen molar-refractivity contribution in [2.75, 3.05) is 19.6 Å². The molecule has 142 valence electrons. The highest BCUT2D eigenvalue weighted by Gasteiger charge is 2.32. The largest absolute Gasteiger partial charge is 0.337 e. The summed E-state index contributed by atoms with van der Waals surface area (Å²) in [4.78, 5) is 17.6. The molecule has 5 rings (SSSR count). The molecule has 1 saturated heterocycles. The van der Waals surface area contributed by atoms with Crippen molar-refractivity contribution in [1.82, 2.24) is 9.80 Å². The van der Waals surface area contributed by atoms with Crippen molar-refractivity contribution in [3.63, 3.8) is 0 Å². The third kappa shape index (κ3) is 3.38. The Kier molecular flexibility index (Phi) is 4.75. The molecule has 3 nitrogen and oxygen atoms in total. The maximum atomic E-state index is 13.0. The second kappa shape index (κ2) is 7.53. The molecule has 3 aromatic rings. The van der Waals surface area contributed by atoms with E-state index in [0.29, 0.717) is 6.04 Å². The van der Waals surface area contributed by atoms with Gasteiger partial charge in [-0.3, -0.25) is 9.69 Å². The summed E-state index contributed by atoms with van der Waals surface area (Å²) in [6.07, 6.45) is 2.19. The molecule has 0 saturated carbocycles. The van der Waals surface area contributed by atoms with E-state index in [9.17, 15) is 4.79 Å². The molecule has 4 heteroatoms. The van der Waals surface area contributed by atoms with Gasteiger partial charge in [0.1, 0.15) is 0 Å². The highest BCUT2D eigenvalue weighted by Crippen LogP contribution is 2.26. The number of thiophene rings is 1. The van der Waals surface area contributed by atoms with Gasteiger partial charge in [0.05, 0.1) is 0 Å². The van der Waals surface area contributed by atoms with Crippen LogP contribution in [0.3, 0.4) is 0 Å². The quantitative estimate of drug-likeness (QED) is 0.650. The van der Waals surface area contributed by atoms with Gasteiger partial charge in [-0.05, 0) is 64.1 Å². The monoisotopic (exact) mass is 388 g/mol. The first kappa shape index (κ1) is 17.7. The lowest BCUT2D eigenvalue weighted by atomic mass is 9.98. The highest BCUT2D eigenvalue weighted by molar-refractivity contribution is 7.08. The van der Waals surface area contributed by atoms with Crippen molar-refractivity contribution in [3.8, 4) is 11.1 Å². The summed E-state index contributed by atoms with van der Waals surface area (Å²) in [5.41, 5.74) is 6.11. The Morgan fingerprint density at radius 3 is 2.54 bits per heavy atom. The first-order valence-electron chi connectivity index (χ1n) is 10.0. The van der Waals surface area contributed by atoms with Crippen LogP contribution in [0, 0.1) is 0 Å². The van der Waals surface area contributed by atoms with Gasteiger partial charge in [0.15, 0.2) is 0 Å². The average molecular weight is 389 g/mol. The zero-order valence-corrected chi connectivity index (χ0v) is 16.7. The highest BCUT2D eigenvalue weighted by atomic mass is 32.1. The fraction of sp³-hybridized carbons (Fsp3) is 0.292. The fourth-order valence-electron chi connectivity index (χ4n) is 4.47. The van der Waals surface area contributed by atoms with Gasteiger partial charge in [-0.2, -0.15) is 11.3 Å². The van der Waals surface area contributed by atoms with Crippen LogP contribution in [0.2, 0.25) is 0 Å². The van der Waals surface area contributed by atoms with Crippen molar-refractivity contribution in [1.29, 1.82) is 0 Å². The molecule has 0 radical (unpaired) electrons. The molecule has 0 N–H and O–H groups in total. The van der Waals surface area contributed by atoms with E-state index in [4.69, 9.17) is 0 Å². The molecule has 0 bridgehead atoms. The number of amides is 1. The van der Waals surface area contributed by atoms with Crippen LogP contribution >= 0.6 is 11.3 Å². The van der Waals surface area contributed by atoms with Crippen molar-refractivity contribution >= 4 is 17.2 Å². The van der Waals surface area contributed by atoms with Crippen LogP contribution in [0.15, 0.2) is 65.4 Å². The van der Waals surface area contributed by atoms with E-state index in [1.165, 1.54) is 22.3 Å². The Bertz CT molecular complexity index is 965. The molecule has 2 aliphatic rings. The second-order valence-corrected chi connectivity index (χ2v) is 8.55. The lowest BCUT2D eigenvalue weighted by Gasteiger charge is -2.33. The zero-order valence-electron chi connectivity index (χ0n) is 15.9. The van der Waals surface area contributed by atoms with E-state index < -0.39 is 0 Å². The maximum Gasteiger partial charge on any atom is 0.253 e. The second-order valence-electron chi connectivity index (χ2n) is 7.77. The van der Waals surface area contributed by atoms with E-state index in [-0.39, 0.29) is 5.91 Å². The van der Waals surface area contributed by atoms with Gasteiger partial charge < -0.3 is 4.90 Å². The Labute approximate surface area is 170 Å². The number of fused-ring (bicyclic) bond motifs is 1. The van der Waals surface area contributed by atoms with Crippen molar-refractivity contribution in [2.45, 2.75) is 25.4 Å². The first-order chi connectivity index (χ1) is 13.8. The smallest absolute Gasteiger partial charge is 0.253 e. The average Bonchev–Trinajstić information content (AvgIpc) is 3.45. The molecule has 1 aromatic heterocycles. The van der Waals surface area contributed by atoms with Crippen molar-refractivity contribution in [2.24, 2.45) is 0 Å². The standard InChI is InChI=1S/C24H24N2OS/c27-24(20-7-5-19(6-8-20)22-11-14-28-17-22)26-13-10-23(16-26)25-12-9-18-3-1-2-4-21(18)15-25/h1-8,11,14,17,23H,9-10,12-13,15-16H2/t23-/m0/s1. The van der Waals surface area contributed by atoms with Crippen LogP contribution in [-0.4, -0.2) is 41.4 Å². The summed E-state index contributed by atoms with van der Waals surface area (Å²) in [6, 6.07) is 19.4. The van der Waals surface area contributed by atoms with Gasteiger partial charge in [-0.1, -0.05) is 36.4 Å². The molecule has 1 fully saturated rings. The minimum absolute atomic E-state index is 0.164. The third-order valence-electron chi connectivity index (χ3n) is 6.11. The van der Waals surface area contributed by atoms with Gasteiger partial charge in [0.2, 0.25) is 0 Å². The lowest BCUT2D eigenvalue weighted by Crippen LogP contribution is -2.41. The molecule has 3 heterocycles. The van der Waals surface area contributed by atoms with Crippen LogP contribution in [-0.2, 0) is 13.0 Å². The van der Waals surface area contributed by atoms with Gasteiger partial charge in [0.25, 0.3) is 5.91 Å². The molecule has 0 aliphatic carbocycles. The van der Waals surface area contributed by atoms with Crippen LogP contribution in [0.25, 0.3) is 11.1 Å². The van der Waals surface area contributed by atoms with Crippen LogP contribution < -0.4 is 0 Å². The summed E-state index contributed by atoms with van der Waals surface area (Å²) in [6.45, 7) is 3.80. The van der Waals surface area contributed by atoms with E-state index in [2.05, 4.69) is 58.1 Å². The third-order valence-corrected chi connectivity index (χ3v) is 6.80. The number of rotatable bonds is 3. The summed E-state index contributed by atoms with van der Waals surface area (Å²) >= 11 is 1.69. The lowest BCUT2D eigenvalue weighted by molar-refractivity contribution is 0.0773. The molecule has 2 aliphatic heterocycles. The summed E-state index contributed by atoms with van der Waals surface area (Å²) in [5.74, 6) is 0.164. The van der Waals surface area contributed by atoms with Crippen LogP contribution in [0.1, 0.15) is 27.9 Å². The molecule has 0 unspecified atom stereocenters. The number of carbonyl (C=O) groups is 1. The van der Waals surface area contributed by atoms with Gasteiger partial charge >= 0.3 is 0 Å². The number of likely N-dealkylation sites (tertiary alicyclic amines) is 1. The minimum atomic E-state index is 0.164. The van der Waals surface area contributed by atoms with E-state index in [1.54, 1.807) is 11.3 Å². The molecule has 28 heavy (non-hydrogen) atoms. The maximum absolute atomic E-state index is 13.0. The normalized spacial score (nSPS) is 19.6. The number of nitrogens with zero attached hydrogens (tertiary/aromatic N) is 2. The number of hydrogen-bond donors (Lipinski definition) is 0. The fourth-order valence-corrected chi connectivity index (χ4v) is 5.14. The van der Waals surface area contributed by atoms with Crippen LogP contribution in [0.5, 0.6) is 0 Å². The first-order valence-corrected chi connectivity index (χ1v) is 10.9. The summed E-state index contributed by atoms with van der Waals surface area (Å²) in [7, 11) is 0. The van der Waals surface area contributed by atoms with E-state index in [0.717, 1.165) is 44.6 Å². The Morgan fingerprint density at radius 1 is 0.929 bits per heavy atom. The van der Waals surface area contributed by atoms with Crippen molar-refractivity contribution in [3.05, 3.63) is 82.0 Å². The van der Waals surface area contributed by atoms with E-state index >= 15 is 0 Å². The topological polar surface area (TPSA) is 23.6 Å². The predicted molar refractivity (Wildman–Crippen MR) is 115 cm³/mol. The Morgan fingerprint density at radius 2 is 1.75 bits per heavy atom. The summed E-state index contributed by atoms with van der Waals surface area (Å²) in [5, 5.41) is 4.22. The molecule has 2 aromatic carbocycles. The van der Waals surface area contributed by atoms with Crippen molar-refractivity contribution < 1.29 is 4.79 Å². The summed E-state index contributed by atoms with van der Waals surface area (Å²) < 4.78 is 0. The Hall–Kier alpha value is -2.43. The van der Waals surface area contributed by atoms with Gasteiger partial charge in [0, 0.05) is 37.8 Å². The van der Waals surface area contributed by atoms with Gasteiger partial charge in [-0.15, -0.1) is 0 Å². The van der Waals surface area contributed by atoms with Gasteiger partial charge in [-0.25, -0.2) is 0 Å². The minimum Gasteiger partial charge on any atom is -0.337 e.